The molecule has 126 valence electrons. The molecule has 2 heterocycles. The summed E-state index contributed by atoms with van der Waals surface area (Å²) in [4.78, 5) is 6.86. The summed E-state index contributed by atoms with van der Waals surface area (Å²) >= 11 is 0. The van der Waals surface area contributed by atoms with Gasteiger partial charge in [-0.3, -0.25) is 9.89 Å². The Kier molecular flexibility index (Phi) is 8.85. The number of aliphatic imine (C=N–C) groups is 1. The lowest BCUT2D eigenvalue weighted by Gasteiger charge is -2.26. The van der Waals surface area contributed by atoms with Crippen LogP contribution in [0.4, 0.5) is 0 Å². The minimum Gasteiger partial charge on any atom is -0.467 e. The molecule has 2 N–H and O–H groups in total. The van der Waals surface area contributed by atoms with Gasteiger partial charge in [0.25, 0.3) is 0 Å². The molecular weight excluding hydrogens is 391 g/mol. The zero-order chi connectivity index (χ0) is 15.1. The van der Waals surface area contributed by atoms with Crippen molar-refractivity contribution < 1.29 is 4.42 Å². The van der Waals surface area contributed by atoms with Crippen LogP contribution in [0.15, 0.2) is 27.8 Å². The zero-order valence-electron chi connectivity index (χ0n) is 13.8. The molecule has 1 fully saturated rings. The van der Waals surface area contributed by atoms with Gasteiger partial charge in [-0.2, -0.15) is 0 Å². The van der Waals surface area contributed by atoms with Crippen LogP contribution in [0.25, 0.3) is 0 Å². The molecule has 1 aromatic rings. The number of furan rings is 1. The first-order valence-electron chi connectivity index (χ1n) is 7.90. The molecule has 1 aliphatic heterocycles. The third kappa shape index (κ3) is 6.16. The van der Waals surface area contributed by atoms with Crippen molar-refractivity contribution in [1.29, 1.82) is 0 Å². The summed E-state index contributed by atoms with van der Waals surface area (Å²) in [7, 11) is 1.80. The topological polar surface area (TPSA) is 52.8 Å². The minimum absolute atomic E-state index is 0. The Bertz CT molecular complexity index is 433. The van der Waals surface area contributed by atoms with E-state index in [1.54, 1.807) is 13.3 Å². The second-order valence-electron chi connectivity index (χ2n) is 6.07. The highest BCUT2D eigenvalue weighted by atomic mass is 127. The molecule has 2 rings (SSSR count). The summed E-state index contributed by atoms with van der Waals surface area (Å²) in [5, 5.41) is 6.71. The highest BCUT2D eigenvalue weighted by Crippen LogP contribution is 2.17. The average Bonchev–Trinajstić information content (AvgIpc) is 3.10. The summed E-state index contributed by atoms with van der Waals surface area (Å²) in [6.07, 6.45) is 4.27. The Hall–Kier alpha value is -0.760. The van der Waals surface area contributed by atoms with Gasteiger partial charge in [-0.05, 0) is 37.4 Å². The van der Waals surface area contributed by atoms with Crippen LogP contribution in [-0.4, -0.2) is 43.6 Å². The van der Waals surface area contributed by atoms with Crippen LogP contribution in [-0.2, 0) is 6.54 Å². The Morgan fingerprint density at radius 2 is 2.27 bits per heavy atom. The van der Waals surface area contributed by atoms with Crippen LogP contribution in [0, 0.1) is 5.92 Å². The largest absolute Gasteiger partial charge is 0.467 e. The summed E-state index contributed by atoms with van der Waals surface area (Å²) in [5.74, 6) is 2.48. The standard InChI is InChI=1S/C16H28N4O.HI/c1-13(2)12-20-8-4-6-14(20)10-18-16(17-3)19-11-15-7-5-9-21-15;/h5,7,9,13-14H,4,6,8,10-12H2,1-3H3,(H2,17,18,19);1H/t14-;/m0./s1. The molecule has 0 bridgehead atoms. The van der Waals surface area contributed by atoms with Crippen molar-refractivity contribution in [1.82, 2.24) is 15.5 Å². The van der Waals surface area contributed by atoms with Crippen LogP contribution in [0.5, 0.6) is 0 Å². The minimum atomic E-state index is 0. The first-order chi connectivity index (χ1) is 10.2. The number of likely N-dealkylation sites (tertiary alicyclic amines) is 1. The number of hydrogen-bond acceptors (Lipinski definition) is 3. The Morgan fingerprint density at radius 1 is 1.45 bits per heavy atom. The Balaban J connectivity index is 0.00000242. The van der Waals surface area contributed by atoms with Crippen molar-refractivity contribution in [2.75, 3.05) is 26.7 Å². The van der Waals surface area contributed by atoms with E-state index in [9.17, 15) is 0 Å². The van der Waals surface area contributed by atoms with Gasteiger partial charge in [-0.1, -0.05) is 13.8 Å². The summed E-state index contributed by atoms with van der Waals surface area (Å²) < 4.78 is 5.31. The molecule has 1 aromatic heterocycles. The summed E-state index contributed by atoms with van der Waals surface area (Å²) in [6.45, 7) is 8.59. The van der Waals surface area contributed by atoms with E-state index in [-0.39, 0.29) is 24.0 Å². The molecule has 0 saturated carbocycles. The first-order valence-corrected chi connectivity index (χ1v) is 7.90. The van der Waals surface area contributed by atoms with Gasteiger partial charge in [-0.25, -0.2) is 0 Å². The molecule has 0 radical (unpaired) electrons. The maximum Gasteiger partial charge on any atom is 0.191 e. The van der Waals surface area contributed by atoms with Crippen molar-refractivity contribution in [2.24, 2.45) is 10.9 Å². The van der Waals surface area contributed by atoms with Gasteiger partial charge < -0.3 is 15.1 Å². The number of nitrogens with zero attached hydrogens (tertiary/aromatic N) is 2. The van der Waals surface area contributed by atoms with E-state index < -0.39 is 0 Å². The van der Waals surface area contributed by atoms with Crippen LogP contribution >= 0.6 is 24.0 Å². The number of guanidine groups is 1. The molecule has 5 nitrogen and oxygen atoms in total. The maximum absolute atomic E-state index is 5.31. The van der Waals surface area contributed by atoms with E-state index in [4.69, 9.17) is 4.42 Å². The lowest BCUT2D eigenvalue weighted by atomic mass is 10.1. The van der Waals surface area contributed by atoms with Crippen molar-refractivity contribution in [3.63, 3.8) is 0 Å². The predicted molar refractivity (Wildman–Crippen MR) is 102 cm³/mol. The quantitative estimate of drug-likeness (QED) is 0.422. The van der Waals surface area contributed by atoms with Gasteiger partial charge in [0.15, 0.2) is 5.96 Å². The Labute approximate surface area is 150 Å². The molecule has 0 spiro atoms. The highest BCUT2D eigenvalue weighted by Gasteiger charge is 2.24. The lowest BCUT2D eigenvalue weighted by Crippen LogP contribution is -2.45. The normalized spacial score (nSPS) is 19.3. The van der Waals surface area contributed by atoms with E-state index in [2.05, 4.69) is 34.4 Å². The van der Waals surface area contributed by atoms with Crippen LogP contribution < -0.4 is 10.6 Å². The smallest absolute Gasteiger partial charge is 0.191 e. The molecule has 1 atom stereocenters. The van der Waals surface area contributed by atoms with Gasteiger partial charge in [-0.15, -0.1) is 24.0 Å². The van der Waals surface area contributed by atoms with E-state index in [0.717, 1.165) is 24.2 Å². The molecule has 1 aliphatic rings. The monoisotopic (exact) mass is 420 g/mol. The summed E-state index contributed by atoms with van der Waals surface area (Å²) in [6, 6.07) is 4.48. The van der Waals surface area contributed by atoms with Crippen LogP contribution in [0.2, 0.25) is 0 Å². The third-order valence-corrected chi connectivity index (χ3v) is 3.84. The number of halogens is 1. The van der Waals surface area contributed by atoms with Crippen LogP contribution in [0.3, 0.4) is 0 Å². The van der Waals surface area contributed by atoms with Gasteiger partial charge >= 0.3 is 0 Å². The van der Waals surface area contributed by atoms with E-state index in [0.29, 0.717) is 12.6 Å². The van der Waals surface area contributed by atoms with Gasteiger partial charge in [0.2, 0.25) is 0 Å². The molecular formula is C16H29IN4O. The molecule has 0 unspecified atom stereocenters. The Morgan fingerprint density at radius 3 is 2.91 bits per heavy atom. The number of rotatable bonds is 6. The first kappa shape index (κ1) is 19.3. The van der Waals surface area contributed by atoms with Crippen molar-refractivity contribution >= 4 is 29.9 Å². The molecule has 6 heteroatoms. The summed E-state index contributed by atoms with van der Waals surface area (Å²) in [5.41, 5.74) is 0. The lowest BCUT2D eigenvalue weighted by molar-refractivity contribution is 0.226. The average molecular weight is 420 g/mol. The van der Waals surface area contributed by atoms with E-state index in [1.807, 2.05) is 12.1 Å². The molecule has 0 aromatic carbocycles. The molecule has 1 saturated heterocycles. The second kappa shape index (κ2) is 10.1. The van der Waals surface area contributed by atoms with E-state index in [1.165, 1.54) is 25.9 Å². The maximum atomic E-state index is 5.31. The van der Waals surface area contributed by atoms with Crippen molar-refractivity contribution in [3.05, 3.63) is 24.2 Å². The van der Waals surface area contributed by atoms with Crippen molar-refractivity contribution in [3.8, 4) is 0 Å². The van der Waals surface area contributed by atoms with Gasteiger partial charge in [0, 0.05) is 26.2 Å². The van der Waals surface area contributed by atoms with Crippen LogP contribution in [0.1, 0.15) is 32.4 Å². The van der Waals surface area contributed by atoms with Gasteiger partial charge in [0.05, 0.1) is 12.8 Å². The second-order valence-corrected chi connectivity index (χ2v) is 6.07. The fourth-order valence-corrected chi connectivity index (χ4v) is 2.85. The SMILES string of the molecule is CN=C(NCc1ccco1)NC[C@@H]1CCCN1CC(C)C.I. The fraction of sp³-hybridized carbons (Fsp3) is 0.688. The number of nitrogens with one attached hydrogen (secondary N) is 2. The predicted octanol–water partition coefficient (Wildman–Crippen LogP) is 2.68. The molecule has 0 amide bonds. The van der Waals surface area contributed by atoms with E-state index >= 15 is 0 Å². The highest BCUT2D eigenvalue weighted by molar-refractivity contribution is 14.0. The van der Waals surface area contributed by atoms with Gasteiger partial charge in [0.1, 0.15) is 5.76 Å². The fourth-order valence-electron chi connectivity index (χ4n) is 2.85. The zero-order valence-corrected chi connectivity index (χ0v) is 16.2. The third-order valence-electron chi connectivity index (χ3n) is 3.84. The number of hydrogen-bond donors (Lipinski definition) is 2. The molecule has 22 heavy (non-hydrogen) atoms. The molecule has 0 aliphatic carbocycles. The van der Waals surface area contributed by atoms with Crippen molar-refractivity contribution in [2.45, 2.75) is 39.3 Å².